The molecule has 4 aromatic rings. The summed E-state index contributed by atoms with van der Waals surface area (Å²) >= 11 is 0. The number of fused-ring (bicyclic) bond motifs is 1. The first-order valence-electron chi connectivity index (χ1n) is 13.8. The van der Waals surface area contributed by atoms with Crippen LogP contribution in [0.15, 0.2) is 78.9 Å². The standard InChI is InChI=1S/C33H38NP/c1-34-30-23-13-11-21-28(30)32(25-15-5-2-6-16-25)33(34)29-22-12-14-24-31(29)35(26-17-7-3-8-18-26)27-19-9-4-10-20-27/h2,5-6,11-16,21-24,26-27H,3-4,7-10,17-20H2,1H3. The lowest BCUT2D eigenvalue weighted by atomic mass is 9.98. The largest absolute Gasteiger partial charge is 0.343 e. The van der Waals surface area contributed by atoms with Gasteiger partial charge in [-0.1, -0.05) is 119 Å². The molecule has 180 valence electrons. The van der Waals surface area contributed by atoms with Gasteiger partial charge in [-0.2, -0.15) is 0 Å². The van der Waals surface area contributed by atoms with Gasteiger partial charge in [-0.05, 0) is 53.9 Å². The number of benzene rings is 3. The molecule has 0 atom stereocenters. The van der Waals surface area contributed by atoms with Crippen LogP contribution in [-0.4, -0.2) is 15.9 Å². The second-order valence-corrected chi connectivity index (χ2v) is 13.4. The Bertz CT molecular complexity index is 1260. The third-order valence-corrected chi connectivity index (χ3v) is 12.1. The van der Waals surface area contributed by atoms with E-state index < -0.39 is 0 Å². The molecule has 0 amide bonds. The van der Waals surface area contributed by atoms with Crippen molar-refractivity contribution < 1.29 is 0 Å². The minimum atomic E-state index is -0.173. The zero-order valence-corrected chi connectivity index (χ0v) is 22.0. The van der Waals surface area contributed by atoms with Gasteiger partial charge in [0.2, 0.25) is 0 Å². The van der Waals surface area contributed by atoms with Crippen molar-refractivity contribution in [2.45, 2.75) is 75.5 Å². The Morgan fingerprint density at radius 2 is 1.20 bits per heavy atom. The molecule has 0 bridgehead atoms. The Labute approximate surface area is 212 Å². The zero-order valence-electron chi connectivity index (χ0n) is 21.1. The third kappa shape index (κ3) is 4.38. The van der Waals surface area contributed by atoms with Crippen molar-refractivity contribution >= 4 is 24.1 Å². The molecule has 2 aliphatic rings. The highest BCUT2D eigenvalue weighted by atomic mass is 31.1. The molecule has 0 aliphatic heterocycles. The average molecular weight is 480 g/mol. The smallest absolute Gasteiger partial charge is 0.0574 e. The molecular formula is C33H38NP. The van der Waals surface area contributed by atoms with Crippen LogP contribution >= 0.6 is 7.92 Å². The zero-order chi connectivity index (χ0) is 23.6. The summed E-state index contributed by atoms with van der Waals surface area (Å²) in [6.07, 6.45) is 14.4. The van der Waals surface area contributed by atoms with Crippen molar-refractivity contribution in [3.63, 3.8) is 0 Å². The molecule has 2 heteroatoms. The fourth-order valence-electron chi connectivity index (χ4n) is 6.91. The van der Waals surface area contributed by atoms with E-state index in [4.69, 9.17) is 0 Å². The van der Waals surface area contributed by atoms with Crippen LogP contribution in [0.5, 0.6) is 0 Å². The van der Waals surface area contributed by atoms with E-state index in [-0.39, 0.29) is 7.92 Å². The minimum Gasteiger partial charge on any atom is -0.343 e. The number of hydrogen-bond acceptors (Lipinski definition) is 0. The summed E-state index contributed by atoms with van der Waals surface area (Å²) in [7, 11) is 2.11. The van der Waals surface area contributed by atoms with Crippen molar-refractivity contribution in [2.75, 3.05) is 0 Å². The number of aromatic nitrogens is 1. The maximum Gasteiger partial charge on any atom is 0.0574 e. The molecule has 2 fully saturated rings. The van der Waals surface area contributed by atoms with Gasteiger partial charge in [0.05, 0.1) is 5.69 Å². The first-order chi connectivity index (χ1) is 17.3. The predicted octanol–water partition coefficient (Wildman–Crippen LogP) is 9.28. The molecule has 35 heavy (non-hydrogen) atoms. The van der Waals surface area contributed by atoms with Gasteiger partial charge in [0.1, 0.15) is 0 Å². The molecule has 1 nitrogen and oxygen atoms in total. The summed E-state index contributed by atoms with van der Waals surface area (Å²) in [6.45, 7) is 0. The summed E-state index contributed by atoms with van der Waals surface area (Å²) in [6, 6.07) is 29.6. The van der Waals surface area contributed by atoms with Crippen LogP contribution in [0.4, 0.5) is 0 Å². The quantitative estimate of drug-likeness (QED) is 0.251. The summed E-state index contributed by atoms with van der Waals surface area (Å²) in [4.78, 5) is 0. The van der Waals surface area contributed by atoms with E-state index in [0.29, 0.717) is 0 Å². The fourth-order valence-corrected chi connectivity index (χ4v) is 10.9. The first-order valence-corrected chi connectivity index (χ1v) is 15.3. The Morgan fingerprint density at radius 3 is 1.89 bits per heavy atom. The molecule has 1 aromatic heterocycles. The van der Waals surface area contributed by atoms with Crippen LogP contribution in [-0.2, 0) is 7.05 Å². The third-order valence-electron chi connectivity index (χ3n) is 8.54. The summed E-state index contributed by atoms with van der Waals surface area (Å²) in [5, 5.41) is 3.05. The van der Waals surface area contributed by atoms with Crippen molar-refractivity contribution in [2.24, 2.45) is 7.05 Å². The summed E-state index contributed by atoms with van der Waals surface area (Å²) in [5.41, 5.74) is 8.76. The molecule has 0 radical (unpaired) electrons. The summed E-state index contributed by atoms with van der Waals surface area (Å²) < 4.78 is 2.48. The van der Waals surface area contributed by atoms with Crippen LogP contribution in [0.2, 0.25) is 0 Å². The molecule has 0 N–H and O–H groups in total. The minimum absolute atomic E-state index is 0.173. The Balaban J connectivity index is 1.57. The lowest BCUT2D eigenvalue weighted by molar-refractivity contribution is 0.487. The molecule has 2 aliphatic carbocycles. The molecule has 0 unspecified atom stereocenters. The van der Waals surface area contributed by atoms with Crippen LogP contribution in [0.3, 0.4) is 0 Å². The molecule has 6 rings (SSSR count). The number of hydrogen-bond donors (Lipinski definition) is 0. The molecule has 0 spiro atoms. The normalized spacial score (nSPS) is 17.9. The van der Waals surface area contributed by atoms with E-state index >= 15 is 0 Å². The van der Waals surface area contributed by atoms with Crippen LogP contribution in [0, 0.1) is 0 Å². The van der Waals surface area contributed by atoms with Crippen molar-refractivity contribution in [3.8, 4) is 22.4 Å². The van der Waals surface area contributed by atoms with Gasteiger partial charge < -0.3 is 4.57 Å². The maximum absolute atomic E-state index is 2.52. The lowest BCUT2D eigenvalue weighted by Gasteiger charge is -2.39. The second-order valence-electron chi connectivity index (χ2n) is 10.7. The Hall–Kier alpha value is -2.37. The average Bonchev–Trinajstić information content (AvgIpc) is 3.23. The molecule has 2 saturated carbocycles. The van der Waals surface area contributed by atoms with Crippen LogP contribution in [0.25, 0.3) is 33.3 Å². The lowest BCUT2D eigenvalue weighted by Crippen LogP contribution is -2.27. The van der Waals surface area contributed by atoms with Gasteiger partial charge in [0.25, 0.3) is 0 Å². The highest BCUT2D eigenvalue weighted by Gasteiger charge is 2.34. The van der Waals surface area contributed by atoms with E-state index in [0.717, 1.165) is 11.3 Å². The van der Waals surface area contributed by atoms with E-state index in [1.807, 2.05) is 0 Å². The van der Waals surface area contributed by atoms with Gasteiger partial charge in [-0.3, -0.25) is 0 Å². The predicted molar refractivity (Wildman–Crippen MR) is 154 cm³/mol. The second kappa shape index (κ2) is 10.3. The maximum atomic E-state index is 2.52. The van der Waals surface area contributed by atoms with Gasteiger partial charge >= 0.3 is 0 Å². The van der Waals surface area contributed by atoms with Crippen LogP contribution < -0.4 is 5.30 Å². The highest BCUT2D eigenvalue weighted by Crippen LogP contribution is 2.56. The number of para-hydroxylation sites is 1. The monoisotopic (exact) mass is 479 g/mol. The fraction of sp³-hybridized carbons (Fsp3) is 0.394. The van der Waals surface area contributed by atoms with Gasteiger partial charge in [-0.15, -0.1) is 0 Å². The van der Waals surface area contributed by atoms with E-state index in [1.165, 1.54) is 97.5 Å². The van der Waals surface area contributed by atoms with Crippen molar-refractivity contribution in [3.05, 3.63) is 78.9 Å². The first kappa shape index (κ1) is 23.1. The molecule has 1 heterocycles. The molecule has 3 aromatic carbocycles. The van der Waals surface area contributed by atoms with Crippen LogP contribution in [0.1, 0.15) is 64.2 Å². The SMILES string of the molecule is Cn1c(-c2ccccc2P(C2CCCCC2)C2CCCCC2)c(-c2ccccc2)c2ccccc21. The van der Waals surface area contributed by atoms with E-state index in [2.05, 4.69) is 90.5 Å². The molecular weight excluding hydrogens is 441 g/mol. The van der Waals surface area contributed by atoms with Crippen molar-refractivity contribution in [1.82, 2.24) is 4.57 Å². The highest BCUT2D eigenvalue weighted by molar-refractivity contribution is 7.67. The number of rotatable bonds is 5. The molecule has 0 saturated heterocycles. The Kier molecular flexibility index (Phi) is 6.80. The number of nitrogens with zero attached hydrogens (tertiary/aromatic N) is 1. The van der Waals surface area contributed by atoms with Gasteiger partial charge in [0, 0.05) is 29.1 Å². The van der Waals surface area contributed by atoms with Crippen molar-refractivity contribution in [1.29, 1.82) is 0 Å². The van der Waals surface area contributed by atoms with E-state index in [9.17, 15) is 0 Å². The topological polar surface area (TPSA) is 4.93 Å². The van der Waals surface area contributed by atoms with Gasteiger partial charge in [-0.25, -0.2) is 0 Å². The van der Waals surface area contributed by atoms with Gasteiger partial charge in [0.15, 0.2) is 0 Å². The Morgan fingerprint density at radius 1 is 0.629 bits per heavy atom. The number of aryl methyl sites for hydroxylation is 1. The summed E-state index contributed by atoms with van der Waals surface area (Å²) in [5.74, 6) is 0. The van der Waals surface area contributed by atoms with E-state index in [1.54, 1.807) is 5.30 Å².